The molecule has 1 aromatic rings. The summed E-state index contributed by atoms with van der Waals surface area (Å²) in [6.45, 7) is 5.74. The minimum Gasteiger partial charge on any atom is -0.396 e. The zero-order valence-electron chi connectivity index (χ0n) is 11.0. The highest BCUT2D eigenvalue weighted by Crippen LogP contribution is 2.18. The molecule has 2 atom stereocenters. The summed E-state index contributed by atoms with van der Waals surface area (Å²) in [6.07, 6.45) is 3.09. The quantitative estimate of drug-likeness (QED) is 0.726. The van der Waals surface area contributed by atoms with Crippen LogP contribution in [0, 0.1) is 0 Å². The lowest BCUT2D eigenvalue weighted by molar-refractivity contribution is 0.276. The molecule has 0 saturated heterocycles. The van der Waals surface area contributed by atoms with Crippen LogP contribution in [0.2, 0.25) is 0 Å². The number of hydrogen-bond acceptors (Lipinski definition) is 2. The lowest BCUT2D eigenvalue weighted by Crippen LogP contribution is -2.30. The Hall–Kier alpha value is -0.860. The highest BCUT2D eigenvalue weighted by atomic mass is 16.2. The first-order valence-electron chi connectivity index (χ1n) is 6.67. The zero-order chi connectivity index (χ0) is 12.5. The normalized spacial score (nSPS) is 14.5. The third-order valence-electron chi connectivity index (χ3n) is 3.27. The van der Waals surface area contributed by atoms with Gasteiger partial charge in [0.1, 0.15) is 0 Å². The fourth-order valence-electron chi connectivity index (χ4n) is 2.07. The fraction of sp³-hybridized carbons (Fsp3) is 0.600. The van der Waals surface area contributed by atoms with Gasteiger partial charge in [-0.05, 0) is 37.7 Å². The maximum absolute atomic E-state index is 8.79. The summed E-state index contributed by atoms with van der Waals surface area (Å²) in [7, 11) is 0. The van der Waals surface area contributed by atoms with Gasteiger partial charge in [-0.3, -0.25) is 0 Å². The largest absolute Gasteiger partial charge is 0.396 e. The fourth-order valence-corrected chi connectivity index (χ4v) is 2.07. The summed E-state index contributed by atoms with van der Waals surface area (Å²) in [5.41, 5.74) is 1.41. The monoisotopic (exact) mass is 235 g/mol. The lowest BCUT2D eigenvalue weighted by Gasteiger charge is -2.20. The van der Waals surface area contributed by atoms with E-state index in [0.717, 1.165) is 25.8 Å². The second-order valence-electron chi connectivity index (χ2n) is 4.69. The molecule has 0 amide bonds. The molecular formula is C15H25NO. The van der Waals surface area contributed by atoms with Crippen LogP contribution in [0.3, 0.4) is 0 Å². The van der Waals surface area contributed by atoms with E-state index in [1.54, 1.807) is 0 Å². The molecule has 0 spiro atoms. The van der Waals surface area contributed by atoms with Gasteiger partial charge in [-0.25, -0.2) is 0 Å². The van der Waals surface area contributed by atoms with Crippen molar-refractivity contribution in [2.45, 2.75) is 45.1 Å². The molecule has 0 aliphatic rings. The molecule has 0 aliphatic heterocycles. The Balaban J connectivity index is 2.38. The van der Waals surface area contributed by atoms with Gasteiger partial charge in [-0.15, -0.1) is 0 Å². The van der Waals surface area contributed by atoms with Crippen LogP contribution < -0.4 is 5.32 Å². The third-order valence-corrected chi connectivity index (χ3v) is 3.27. The van der Waals surface area contributed by atoms with Crippen LogP contribution >= 0.6 is 0 Å². The molecule has 1 aromatic carbocycles. The summed E-state index contributed by atoms with van der Waals surface area (Å²) in [6, 6.07) is 11.2. The molecule has 96 valence electrons. The number of hydrogen-bond donors (Lipinski definition) is 2. The van der Waals surface area contributed by atoms with Crippen LogP contribution in [0.4, 0.5) is 0 Å². The van der Waals surface area contributed by atoms with E-state index < -0.39 is 0 Å². The van der Waals surface area contributed by atoms with Gasteiger partial charge < -0.3 is 10.4 Å². The molecule has 2 nitrogen and oxygen atoms in total. The first kappa shape index (κ1) is 14.2. The second-order valence-corrected chi connectivity index (χ2v) is 4.69. The van der Waals surface area contributed by atoms with E-state index >= 15 is 0 Å². The Morgan fingerprint density at radius 3 is 2.53 bits per heavy atom. The molecule has 0 bridgehead atoms. The summed E-state index contributed by atoms with van der Waals surface area (Å²) < 4.78 is 0. The first-order valence-corrected chi connectivity index (χ1v) is 6.67. The minimum atomic E-state index is 0.294. The topological polar surface area (TPSA) is 32.3 Å². The Kier molecular flexibility index (Phi) is 6.90. The van der Waals surface area contributed by atoms with Crippen molar-refractivity contribution in [2.75, 3.05) is 13.2 Å². The lowest BCUT2D eigenvalue weighted by atomic mass is 9.96. The highest BCUT2D eigenvalue weighted by Gasteiger charge is 2.10. The molecule has 2 N–H and O–H groups in total. The maximum atomic E-state index is 8.79. The average Bonchev–Trinajstić information content (AvgIpc) is 2.38. The first-order chi connectivity index (χ1) is 8.27. The summed E-state index contributed by atoms with van der Waals surface area (Å²) in [5, 5.41) is 12.3. The van der Waals surface area contributed by atoms with Gasteiger partial charge in [0.2, 0.25) is 0 Å². The average molecular weight is 235 g/mol. The highest BCUT2D eigenvalue weighted by molar-refractivity contribution is 5.19. The zero-order valence-corrected chi connectivity index (χ0v) is 11.0. The van der Waals surface area contributed by atoms with Crippen LogP contribution in [0.15, 0.2) is 30.3 Å². The van der Waals surface area contributed by atoms with E-state index in [9.17, 15) is 0 Å². The van der Waals surface area contributed by atoms with Crippen LogP contribution in [0.5, 0.6) is 0 Å². The van der Waals surface area contributed by atoms with Crippen molar-refractivity contribution in [3.63, 3.8) is 0 Å². The van der Waals surface area contributed by atoms with Crippen molar-refractivity contribution < 1.29 is 5.11 Å². The van der Waals surface area contributed by atoms with Crippen LogP contribution in [0.1, 0.15) is 44.6 Å². The molecule has 0 heterocycles. The Labute approximate surface area is 105 Å². The predicted octanol–water partition coefficient (Wildman–Crippen LogP) is 2.93. The van der Waals surface area contributed by atoms with Crippen molar-refractivity contribution >= 4 is 0 Å². The van der Waals surface area contributed by atoms with Gasteiger partial charge >= 0.3 is 0 Å². The van der Waals surface area contributed by atoms with E-state index in [0.29, 0.717) is 18.6 Å². The SMILES string of the molecule is CCC(CNC(C)CCCO)c1ccccc1. The van der Waals surface area contributed by atoms with Crippen LogP contribution in [-0.4, -0.2) is 24.3 Å². The van der Waals surface area contributed by atoms with Crippen molar-refractivity contribution in [1.29, 1.82) is 0 Å². The van der Waals surface area contributed by atoms with E-state index in [1.807, 2.05) is 0 Å². The molecule has 2 unspecified atom stereocenters. The maximum Gasteiger partial charge on any atom is 0.0431 e. The molecule has 1 rings (SSSR count). The Bertz CT molecular complexity index is 286. The van der Waals surface area contributed by atoms with Crippen molar-refractivity contribution in [3.05, 3.63) is 35.9 Å². The van der Waals surface area contributed by atoms with E-state index in [-0.39, 0.29) is 0 Å². The molecular weight excluding hydrogens is 210 g/mol. The van der Waals surface area contributed by atoms with Gasteiger partial charge in [-0.1, -0.05) is 37.3 Å². The summed E-state index contributed by atoms with van der Waals surface area (Å²) in [5.74, 6) is 0.591. The predicted molar refractivity (Wildman–Crippen MR) is 73.3 cm³/mol. The summed E-state index contributed by atoms with van der Waals surface area (Å²) >= 11 is 0. The second kappa shape index (κ2) is 8.26. The smallest absolute Gasteiger partial charge is 0.0431 e. The molecule has 0 radical (unpaired) electrons. The van der Waals surface area contributed by atoms with E-state index in [1.165, 1.54) is 5.56 Å². The van der Waals surface area contributed by atoms with Gasteiger partial charge in [0.15, 0.2) is 0 Å². The number of benzene rings is 1. The number of aliphatic hydroxyl groups excluding tert-OH is 1. The molecule has 0 aromatic heterocycles. The van der Waals surface area contributed by atoms with Crippen LogP contribution in [-0.2, 0) is 0 Å². The Morgan fingerprint density at radius 2 is 1.94 bits per heavy atom. The molecule has 0 fully saturated rings. The standard InChI is InChI=1S/C15H25NO/c1-3-14(15-9-5-4-6-10-15)12-16-13(2)8-7-11-17/h4-6,9-10,13-14,16-17H,3,7-8,11-12H2,1-2H3. The molecule has 2 heteroatoms. The van der Waals surface area contributed by atoms with Gasteiger partial charge in [-0.2, -0.15) is 0 Å². The molecule has 0 saturated carbocycles. The van der Waals surface area contributed by atoms with Gasteiger partial charge in [0.05, 0.1) is 0 Å². The van der Waals surface area contributed by atoms with Gasteiger partial charge in [0.25, 0.3) is 0 Å². The van der Waals surface area contributed by atoms with Crippen LogP contribution in [0.25, 0.3) is 0 Å². The number of rotatable bonds is 8. The van der Waals surface area contributed by atoms with Crippen molar-refractivity contribution in [1.82, 2.24) is 5.32 Å². The van der Waals surface area contributed by atoms with E-state index in [4.69, 9.17) is 5.11 Å². The van der Waals surface area contributed by atoms with Crippen molar-refractivity contribution in [2.24, 2.45) is 0 Å². The molecule has 0 aliphatic carbocycles. The Morgan fingerprint density at radius 1 is 1.24 bits per heavy atom. The number of nitrogens with one attached hydrogen (secondary N) is 1. The van der Waals surface area contributed by atoms with Gasteiger partial charge in [0, 0.05) is 19.2 Å². The summed E-state index contributed by atoms with van der Waals surface area (Å²) in [4.78, 5) is 0. The third kappa shape index (κ3) is 5.33. The number of aliphatic hydroxyl groups is 1. The van der Waals surface area contributed by atoms with Crippen molar-refractivity contribution in [3.8, 4) is 0 Å². The van der Waals surface area contributed by atoms with E-state index in [2.05, 4.69) is 49.5 Å². The minimum absolute atomic E-state index is 0.294. The molecule has 17 heavy (non-hydrogen) atoms.